The maximum absolute atomic E-state index is 5.45. The Bertz CT molecular complexity index is 3290. The normalized spacial score (nSPS) is 11.7. The van der Waals surface area contributed by atoms with Crippen LogP contribution >= 0.6 is 0 Å². The third-order valence-corrected chi connectivity index (χ3v) is 10.6. The van der Waals surface area contributed by atoms with E-state index in [0.717, 1.165) is 59.9 Å². The third-order valence-electron chi connectivity index (χ3n) is 10.6. The molecule has 3 heterocycles. The Hall–Kier alpha value is -7.37. The van der Waals surface area contributed by atoms with Crippen LogP contribution in [-0.2, 0) is 0 Å². The van der Waals surface area contributed by atoms with E-state index < -0.39 is 0 Å². The molecule has 0 aliphatic heterocycles. The number of nitrogens with zero attached hydrogens (tertiary/aromatic N) is 5. The molecule has 5 nitrogen and oxygen atoms in total. The average Bonchev–Trinajstić information content (AvgIpc) is 3.59. The molecule has 11 rings (SSSR count). The Morgan fingerprint density at radius 2 is 0.611 bits per heavy atom. The number of aromatic nitrogens is 5. The molecule has 0 unspecified atom stereocenters. The van der Waals surface area contributed by atoms with E-state index in [1.165, 1.54) is 21.5 Å². The quantitative estimate of drug-likeness (QED) is 0.185. The summed E-state index contributed by atoms with van der Waals surface area (Å²) >= 11 is 0. The first-order valence-electron chi connectivity index (χ1n) is 18.2. The number of hydrogen-bond acceptors (Lipinski definition) is 3. The zero-order valence-electron chi connectivity index (χ0n) is 29.1. The van der Waals surface area contributed by atoms with Crippen molar-refractivity contribution >= 4 is 75.9 Å². The van der Waals surface area contributed by atoms with Crippen molar-refractivity contribution < 1.29 is 0 Å². The van der Waals surface area contributed by atoms with Crippen LogP contribution in [0.3, 0.4) is 0 Å². The van der Waals surface area contributed by atoms with Gasteiger partial charge in [0.2, 0.25) is 11.9 Å². The summed E-state index contributed by atoms with van der Waals surface area (Å²) in [6.45, 7) is 0. The van der Waals surface area contributed by atoms with Crippen LogP contribution in [0.25, 0.3) is 99.2 Å². The summed E-state index contributed by atoms with van der Waals surface area (Å²) in [6, 6.07) is 66.4. The SMILES string of the molecule is c1ccc(-c2nc(-n3c4ccccc4c4ccccc4c4cc5ccccc5cc4c4ccccc43)nc(-n3c4ccccc4c4ccccc43)n2)cc1. The standard InChI is InChI=1S/C49H31N5/c1-2-16-32(17-3-1)47-50-48(52-49(51-47)54-44-27-13-9-23-38(44)39-24-10-14-28-45(39)54)53-43-26-12-8-22-37(43)35-20-6-7-21-36(35)41-30-33-18-4-5-19-34(33)31-42(41)40-25-11-15-29-46(40)53/h1-31H. The van der Waals surface area contributed by atoms with E-state index in [1.54, 1.807) is 0 Å². The van der Waals surface area contributed by atoms with E-state index in [2.05, 4.69) is 179 Å². The van der Waals surface area contributed by atoms with Crippen LogP contribution in [-0.4, -0.2) is 24.1 Å². The van der Waals surface area contributed by atoms with Crippen molar-refractivity contribution in [2.75, 3.05) is 0 Å². The number of rotatable bonds is 3. The zero-order chi connectivity index (χ0) is 35.6. The average molecular weight is 690 g/mol. The van der Waals surface area contributed by atoms with Crippen molar-refractivity contribution in [1.82, 2.24) is 24.1 Å². The lowest BCUT2D eigenvalue weighted by atomic mass is 9.98. The molecule has 0 fully saturated rings. The van der Waals surface area contributed by atoms with Crippen LogP contribution in [0.15, 0.2) is 188 Å². The van der Waals surface area contributed by atoms with Crippen LogP contribution in [0.2, 0.25) is 0 Å². The molecule has 8 aromatic carbocycles. The van der Waals surface area contributed by atoms with Crippen LogP contribution in [0.1, 0.15) is 0 Å². The van der Waals surface area contributed by atoms with Crippen LogP contribution < -0.4 is 0 Å². The maximum atomic E-state index is 5.45. The molecule has 11 aromatic rings. The van der Waals surface area contributed by atoms with Crippen molar-refractivity contribution in [3.05, 3.63) is 188 Å². The molecule has 54 heavy (non-hydrogen) atoms. The van der Waals surface area contributed by atoms with Gasteiger partial charge in [-0.05, 0) is 68.7 Å². The molecule has 0 atom stereocenters. The number of hydrogen-bond donors (Lipinski definition) is 0. The van der Waals surface area contributed by atoms with Crippen molar-refractivity contribution in [2.24, 2.45) is 0 Å². The second kappa shape index (κ2) is 12.1. The second-order valence-electron chi connectivity index (χ2n) is 13.7. The molecule has 0 amide bonds. The highest BCUT2D eigenvalue weighted by molar-refractivity contribution is 6.22. The molecule has 0 saturated carbocycles. The van der Waals surface area contributed by atoms with Gasteiger partial charge in [-0.2, -0.15) is 15.0 Å². The van der Waals surface area contributed by atoms with Crippen LogP contribution in [0.5, 0.6) is 0 Å². The molecule has 0 spiro atoms. The van der Waals surface area contributed by atoms with E-state index in [9.17, 15) is 0 Å². The largest absolute Gasteiger partial charge is 0.278 e. The van der Waals surface area contributed by atoms with Gasteiger partial charge in [0, 0.05) is 27.1 Å². The number of fused-ring (bicyclic) bond motifs is 11. The highest BCUT2D eigenvalue weighted by Crippen LogP contribution is 2.37. The summed E-state index contributed by atoms with van der Waals surface area (Å²) in [5.41, 5.74) is 4.95. The van der Waals surface area contributed by atoms with Gasteiger partial charge in [-0.25, -0.2) is 0 Å². The van der Waals surface area contributed by atoms with Gasteiger partial charge in [0.15, 0.2) is 5.82 Å². The highest BCUT2D eigenvalue weighted by atomic mass is 15.3. The summed E-state index contributed by atoms with van der Waals surface area (Å²) in [6.07, 6.45) is 0. The minimum absolute atomic E-state index is 0.530. The first-order valence-corrected chi connectivity index (χ1v) is 18.2. The van der Waals surface area contributed by atoms with Gasteiger partial charge in [-0.3, -0.25) is 9.13 Å². The lowest BCUT2D eigenvalue weighted by Crippen LogP contribution is -2.11. The second-order valence-corrected chi connectivity index (χ2v) is 13.7. The third kappa shape index (κ3) is 4.69. The van der Waals surface area contributed by atoms with E-state index in [4.69, 9.17) is 15.0 Å². The molecule has 0 radical (unpaired) electrons. The Labute approximate surface area is 310 Å². The Balaban J connectivity index is 1.38. The molecule has 5 heteroatoms. The molecule has 0 N–H and O–H groups in total. The predicted octanol–water partition coefficient (Wildman–Crippen LogP) is 12.3. The van der Waals surface area contributed by atoms with Gasteiger partial charge in [0.1, 0.15) is 0 Å². The Morgan fingerprint density at radius 1 is 0.278 bits per heavy atom. The van der Waals surface area contributed by atoms with Crippen molar-refractivity contribution in [3.8, 4) is 23.3 Å². The highest BCUT2D eigenvalue weighted by Gasteiger charge is 2.19. The summed E-state index contributed by atoms with van der Waals surface area (Å²) < 4.78 is 4.41. The van der Waals surface area contributed by atoms with Crippen LogP contribution in [0, 0.1) is 0 Å². The number of para-hydroxylation sites is 4. The lowest BCUT2D eigenvalue weighted by molar-refractivity contribution is 0.891. The summed E-state index contributed by atoms with van der Waals surface area (Å²) in [4.78, 5) is 16.0. The monoisotopic (exact) mass is 689 g/mol. The molecular formula is C49H31N5. The van der Waals surface area contributed by atoms with Crippen molar-refractivity contribution in [1.29, 1.82) is 0 Å². The van der Waals surface area contributed by atoms with E-state index >= 15 is 0 Å². The molecular weight excluding hydrogens is 659 g/mol. The van der Waals surface area contributed by atoms with Crippen LogP contribution in [0.4, 0.5) is 0 Å². The molecule has 0 bridgehead atoms. The van der Waals surface area contributed by atoms with Gasteiger partial charge < -0.3 is 0 Å². The smallest absolute Gasteiger partial charge is 0.240 e. The minimum atomic E-state index is 0.530. The molecule has 0 saturated heterocycles. The first kappa shape index (κ1) is 30.3. The molecule has 3 aromatic heterocycles. The van der Waals surface area contributed by atoms with Gasteiger partial charge in [-0.15, -0.1) is 0 Å². The number of benzene rings is 8. The first-order chi connectivity index (χ1) is 26.8. The van der Waals surface area contributed by atoms with Gasteiger partial charge in [0.05, 0.1) is 22.1 Å². The lowest BCUT2D eigenvalue weighted by Gasteiger charge is -2.15. The topological polar surface area (TPSA) is 48.5 Å². The molecule has 252 valence electrons. The minimum Gasteiger partial charge on any atom is -0.278 e. The van der Waals surface area contributed by atoms with Crippen molar-refractivity contribution in [3.63, 3.8) is 0 Å². The Morgan fingerprint density at radius 3 is 1.09 bits per heavy atom. The van der Waals surface area contributed by atoms with Gasteiger partial charge >= 0.3 is 0 Å². The predicted molar refractivity (Wildman–Crippen MR) is 224 cm³/mol. The van der Waals surface area contributed by atoms with E-state index in [1.807, 2.05) is 18.2 Å². The van der Waals surface area contributed by atoms with Crippen molar-refractivity contribution in [2.45, 2.75) is 0 Å². The summed E-state index contributed by atoms with van der Waals surface area (Å²) in [7, 11) is 0. The molecule has 0 aliphatic rings. The Kier molecular flexibility index (Phi) is 6.79. The fraction of sp³-hybridized carbons (Fsp3) is 0. The van der Waals surface area contributed by atoms with E-state index in [0.29, 0.717) is 17.7 Å². The van der Waals surface area contributed by atoms with Gasteiger partial charge in [-0.1, -0.05) is 152 Å². The summed E-state index contributed by atoms with van der Waals surface area (Å²) in [5, 5.41) is 11.5. The fourth-order valence-corrected chi connectivity index (χ4v) is 8.19. The maximum Gasteiger partial charge on any atom is 0.240 e. The summed E-state index contributed by atoms with van der Waals surface area (Å²) in [5.74, 6) is 1.68. The molecule has 0 aliphatic carbocycles. The fourth-order valence-electron chi connectivity index (χ4n) is 8.19. The zero-order valence-corrected chi connectivity index (χ0v) is 29.1. The van der Waals surface area contributed by atoms with Gasteiger partial charge in [0.25, 0.3) is 0 Å². The van der Waals surface area contributed by atoms with E-state index in [-0.39, 0.29) is 0 Å².